The van der Waals surface area contributed by atoms with Crippen molar-refractivity contribution >= 4 is 38.5 Å². The lowest BCUT2D eigenvalue weighted by atomic mass is 10.0. The molecule has 3 nitrogen and oxygen atoms in total. The van der Waals surface area contributed by atoms with E-state index in [1.807, 2.05) is 17.1 Å². The first kappa shape index (κ1) is 14.0. The monoisotopic (exact) mass is 419 g/mol. The number of aromatic nitrogens is 2. The molecule has 1 heterocycles. The van der Waals surface area contributed by atoms with Gasteiger partial charge in [-0.25, -0.2) is 4.68 Å². The Labute approximate surface area is 129 Å². The van der Waals surface area contributed by atoms with Crippen molar-refractivity contribution in [2.24, 2.45) is 5.73 Å². The Balaban J connectivity index is 2.24. The molecule has 0 aliphatic rings. The van der Waals surface area contributed by atoms with Crippen LogP contribution in [0.1, 0.15) is 18.9 Å². The molecule has 1 atom stereocenters. The second kappa shape index (κ2) is 6.16. The van der Waals surface area contributed by atoms with Crippen LogP contribution >= 0.6 is 38.5 Å². The van der Waals surface area contributed by atoms with Crippen molar-refractivity contribution in [3.8, 4) is 5.69 Å². The lowest BCUT2D eigenvalue weighted by Gasteiger charge is -2.11. The van der Waals surface area contributed by atoms with Gasteiger partial charge in [0.15, 0.2) is 0 Å². The molecule has 5 heteroatoms. The van der Waals surface area contributed by atoms with E-state index in [2.05, 4.69) is 68.7 Å². The van der Waals surface area contributed by atoms with Crippen LogP contribution in [0.3, 0.4) is 0 Å². The minimum absolute atomic E-state index is 0.220. The van der Waals surface area contributed by atoms with Crippen molar-refractivity contribution in [1.82, 2.24) is 9.78 Å². The van der Waals surface area contributed by atoms with Gasteiger partial charge in [-0.1, -0.05) is 28.9 Å². The summed E-state index contributed by atoms with van der Waals surface area (Å²) in [4.78, 5) is 0. The van der Waals surface area contributed by atoms with E-state index >= 15 is 0 Å². The summed E-state index contributed by atoms with van der Waals surface area (Å²) in [5.41, 5.74) is 8.29. The van der Waals surface area contributed by atoms with Crippen LogP contribution in [0.25, 0.3) is 5.69 Å². The van der Waals surface area contributed by atoms with Crippen molar-refractivity contribution in [3.63, 3.8) is 0 Å². The molecule has 18 heavy (non-hydrogen) atoms. The molecule has 1 aromatic heterocycles. The number of rotatable bonds is 4. The summed E-state index contributed by atoms with van der Waals surface area (Å²) in [6.45, 7) is 2.11. The Morgan fingerprint density at radius 2 is 2.28 bits per heavy atom. The molecule has 96 valence electrons. The van der Waals surface area contributed by atoms with Crippen LogP contribution < -0.4 is 5.73 Å². The first-order chi connectivity index (χ1) is 8.60. The van der Waals surface area contributed by atoms with Crippen LogP contribution in [0.15, 0.2) is 35.1 Å². The zero-order valence-electron chi connectivity index (χ0n) is 10.1. The van der Waals surface area contributed by atoms with E-state index in [1.165, 1.54) is 5.56 Å². The number of halogens is 2. The van der Waals surface area contributed by atoms with Crippen LogP contribution in [0.2, 0.25) is 0 Å². The molecule has 0 saturated carbocycles. The van der Waals surface area contributed by atoms with Crippen molar-refractivity contribution in [2.45, 2.75) is 25.8 Å². The maximum absolute atomic E-state index is 5.99. The molecule has 2 rings (SSSR count). The highest BCUT2D eigenvalue weighted by Crippen LogP contribution is 2.22. The topological polar surface area (TPSA) is 43.8 Å². The van der Waals surface area contributed by atoms with Gasteiger partial charge in [-0.15, -0.1) is 0 Å². The molecule has 1 aromatic carbocycles. The first-order valence-corrected chi connectivity index (χ1v) is 7.72. The van der Waals surface area contributed by atoms with Gasteiger partial charge < -0.3 is 5.73 Å². The van der Waals surface area contributed by atoms with E-state index in [0.717, 1.165) is 26.6 Å². The SMILES string of the molecule is CCC(N)Cc1ccc(-n2cc(I)cn2)cc1Br. The fourth-order valence-corrected chi connectivity index (χ4v) is 2.63. The Morgan fingerprint density at radius 1 is 1.50 bits per heavy atom. The van der Waals surface area contributed by atoms with Crippen LogP contribution in [0.5, 0.6) is 0 Å². The van der Waals surface area contributed by atoms with E-state index in [0.29, 0.717) is 0 Å². The van der Waals surface area contributed by atoms with Gasteiger partial charge >= 0.3 is 0 Å². The Kier molecular flexibility index (Phi) is 4.80. The van der Waals surface area contributed by atoms with E-state index in [1.54, 1.807) is 0 Å². The van der Waals surface area contributed by atoms with Crippen LogP contribution in [0.4, 0.5) is 0 Å². The van der Waals surface area contributed by atoms with Gasteiger partial charge in [0.05, 0.1) is 15.5 Å². The average molecular weight is 420 g/mol. The third-order valence-corrected chi connectivity index (χ3v) is 4.15. The lowest BCUT2D eigenvalue weighted by molar-refractivity contribution is 0.645. The number of nitrogens with zero attached hydrogens (tertiary/aromatic N) is 2. The predicted molar refractivity (Wildman–Crippen MR) is 86.0 cm³/mol. The lowest BCUT2D eigenvalue weighted by Crippen LogP contribution is -2.21. The summed E-state index contributed by atoms with van der Waals surface area (Å²) >= 11 is 5.86. The molecule has 0 aliphatic heterocycles. The Hall–Kier alpha value is -0.400. The van der Waals surface area contributed by atoms with Crippen LogP contribution in [-0.2, 0) is 6.42 Å². The van der Waals surface area contributed by atoms with Gasteiger partial charge in [0, 0.05) is 16.7 Å². The molecule has 0 aliphatic carbocycles. The Morgan fingerprint density at radius 3 is 2.83 bits per heavy atom. The molecule has 2 N–H and O–H groups in total. The summed E-state index contributed by atoms with van der Waals surface area (Å²) < 4.78 is 4.09. The molecular formula is C13H15BrIN3. The molecule has 2 aromatic rings. The van der Waals surface area contributed by atoms with Gasteiger partial charge in [-0.05, 0) is 53.1 Å². The quantitative estimate of drug-likeness (QED) is 0.770. The minimum atomic E-state index is 0.220. The largest absolute Gasteiger partial charge is 0.327 e. The summed E-state index contributed by atoms with van der Waals surface area (Å²) in [6, 6.07) is 6.49. The van der Waals surface area contributed by atoms with Crippen molar-refractivity contribution in [2.75, 3.05) is 0 Å². The average Bonchev–Trinajstić information content (AvgIpc) is 2.78. The second-order valence-electron chi connectivity index (χ2n) is 4.25. The van der Waals surface area contributed by atoms with Crippen LogP contribution in [0, 0.1) is 3.57 Å². The van der Waals surface area contributed by atoms with Gasteiger partial charge in [0.2, 0.25) is 0 Å². The molecular weight excluding hydrogens is 405 g/mol. The van der Waals surface area contributed by atoms with Crippen LogP contribution in [-0.4, -0.2) is 15.8 Å². The smallest absolute Gasteiger partial charge is 0.0657 e. The predicted octanol–water partition coefficient (Wildman–Crippen LogP) is 3.52. The van der Waals surface area contributed by atoms with E-state index in [-0.39, 0.29) is 6.04 Å². The van der Waals surface area contributed by atoms with Crippen molar-refractivity contribution in [1.29, 1.82) is 0 Å². The van der Waals surface area contributed by atoms with Gasteiger partial charge in [0.1, 0.15) is 0 Å². The molecule has 0 fully saturated rings. The van der Waals surface area contributed by atoms with Gasteiger partial charge in [-0.3, -0.25) is 0 Å². The summed E-state index contributed by atoms with van der Waals surface area (Å²) in [5.74, 6) is 0. The molecule has 1 unspecified atom stereocenters. The third-order valence-electron chi connectivity index (χ3n) is 2.86. The first-order valence-electron chi connectivity index (χ1n) is 5.84. The fraction of sp³-hybridized carbons (Fsp3) is 0.308. The zero-order chi connectivity index (χ0) is 13.1. The van der Waals surface area contributed by atoms with Gasteiger partial charge in [0.25, 0.3) is 0 Å². The number of nitrogens with two attached hydrogens (primary N) is 1. The number of hydrogen-bond donors (Lipinski definition) is 1. The summed E-state index contributed by atoms with van der Waals surface area (Å²) in [7, 11) is 0. The number of hydrogen-bond acceptors (Lipinski definition) is 2. The number of benzene rings is 1. The highest BCUT2D eigenvalue weighted by atomic mass is 127. The Bertz CT molecular complexity index is 539. The van der Waals surface area contributed by atoms with Gasteiger partial charge in [-0.2, -0.15) is 5.10 Å². The molecule has 0 bridgehead atoms. The second-order valence-corrected chi connectivity index (χ2v) is 6.35. The van der Waals surface area contributed by atoms with E-state index < -0.39 is 0 Å². The standard InChI is InChI=1S/C13H15BrIN3/c1-2-11(16)5-9-3-4-12(6-13(9)14)18-8-10(15)7-17-18/h3-4,6-8,11H,2,5,16H2,1H3. The highest BCUT2D eigenvalue weighted by Gasteiger charge is 2.07. The summed E-state index contributed by atoms with van der Waals surface area (Å²) in [6.07, 6.45) is 5.73. The maximum atomic E-state index is 5.99. The highest BCUT2D eigenvalue weighted by molar-refractivity contribution is 14.1. The molecule has 0 amide bonds. The van der Waals surface area contributed by atoms with Crippen molar-refractivity contribution in [3.05, 3.63) is 44.2 Å². The zero-order valence-corrected chi connectivity index (χ0v) is 13.8. The van der Waals surface area contributed by atoms with E-state index in [9.17, 15) is 0 Å². The normalized spacial score (nSPS) is 12.7. The molecule has 0 saturated heterocycles. The molecule has 0 radical (unpaired) electrons. The maximum Gasteiger partial charge on any atom is 0.0657 e. The third kappa shape index (κ3) is 3.33. The van der Waals surface area contributed by atoms with E-state index in [4.69, 9.17) is 5.73 Å². The van der Waals surface area contributed by atoms with Crippen molar-refractivity contribution < 1.29 is 0 Å². The molecule has 0 spiro atoms. The minimum Gasteiger partial charge on any atom is -0.327 e. The fourth-order valence-electron chi connectivity index (χ4n) is 1.71. The summed E-state index contributed by atoms with van der Waals surface area (Å²) in [5, 5.41) is 4.30.